The molecule has 3 N–H and O–H groups in total. The number of halogens is 1. The van der Waals surface area contributed by atoms with Crippen molar-refractivity contribution in [3.05, 3.63) is 23.8 Å². The molecule has 0 saturated heterocycles. The maximum absolute atomic E-state index is 11.2. The van der Waals surface area contributed by atoms with Crippen molar-refractivity contribution in [3.63, 3.8) is 0 Å². The van der Waals surface area contributed by atoms with E-state index in [1.54, 1.807) is 25.2 Å². The minimum Gasteiger partial charge on any atom is -0.465 e. The molecule has 0 bridgehead atoms. The second-order valence-electron chi connectivity index (χ2n) is 2.51. The first-order valence-corrected chi connectivity index (χ1v) is 3.85. The number of carbonyl (C=O) groups is 1. The standard InChI is InChI=1S/C9H12N2O2.ClH/c1-11-8-6(9(12)13-2)4-3-5-7(8)10;/h3-5,11H,10H2,1-2H3;1H. The Bertz CT molecular complexity index is 329. The molecule has 0 heterocycles. The molecule has 0 aliphatic rings. The molecule has 0 radical (unpaired) electrons. The van der Waals surface area contributed by atoms with E-state index in [9.17, 15) is 4.79 Å². The lowest BCUT2D eigenvalue weighted by Gasteiger charge is -2.09. The van der Waals surface area contributed by atoms with Crippen LogP contribution < -0.4 is 11.1 Å². The highest BCUT2D eigenvalue weighted by molar-refractivity contribution is 5.98. The van der Waals surface area contributed by atoms with Gasteiger partial charge in [-0.15, -0.1) is 12.4 Å². The molecule has 1 aromatic carbocycles. The number of ether oxygens (including phenoxy) is 1. The number of anilines is 2. The Morgan fingerprint density at radius 3 is 2.64 bits per heavy atom. The fourth-order valence-corrected chi connectivity index (χ4v) is 1.13. The molecule has 0 aliphatic carbocycles. The monoisotopic (exact) mass is 216 g/mol. The van der Waals surface area contributed by atoms with Gasteiger partial charge in [-0.1, -0.05) is 6.07 Å². The third kappa shape index (κ3) is 2.29. The summed E-state index contributed by atoms with van der Waals surface area (Å²) in [4.78, 5) is 11.2. The molecule has 0 unspecified atom stereocenters. The van der Waals surface area contributed by atoms with Gasteiger partial charge in [-0.2, -0.15) is 0 Å². The smallest absolute Gasteiger partial charge is 0.340 e. The number of hydrogen-bond donors (Lipinski definition) is 2. The van der Waals surface area contributed by atoms with Gasteiger partial charge in [0.15, 0.2) is 0 Å². The van der Waals surface area contributed by atoms with Crippen LogP contribution in [-0.4, -0.2) is 20.1 Å². The van der Waals surface area contributed by atoms with Gasteiger partial charge >= 0.3 is 5.97 Å². The summed E-state index contributed by atoms with van der Waals surface area (Å²) in [6.07, 6.45) is 0. The molecule has 1 aromatic rings. The van der Waals surface area contributed by atoms with Crippen LogP contribution >= 0.6 is 12.4 Å². The van der Waals surface area contributed by atoms with Crippen LogP contribution in [0.3, 0.4) is 0 Å². The van der Waals surface area contributed by atoms with E-state index in [0.717, 1.165) is 0 Å². The van der Waals surface area contributed by atoms with Crippen molar-refractivity contribution in [2.24, 2.45) is 0 Å². The summed E-state index contributed by atoms with van der Waals surface area (Å²) in [6.45, 7) is 0. The highest BCUT2D eigenvalue weighted by atomic mass is 35.5. The molecular formula is C9H13ClN2O2. The Hall–Kier alpha value is -1.42. The first-order chi connectivity index (χ1) is 6.20. The molecule has 78 valence electrons. The van der Waals surface area contributed by atoms with Crippen LogP contribution in [0, 0.1) is 0 Å². The predicted octanol–water partition coefficient (Wildman–Crippen LogP) is 1.52. The molecular weight excluding hydrogens is 204 g/mol. The number of nitrogens with one attached hydrogen (secondary N) is 1. The van der Waals surface area contributed by atoms with Gasteiger partial charge in [-0.3, -0.25) is 0 Å². The van der Waals surface area contributed by atoms with Crippen molar-refractivity contribution >= 4 is 29.8 Å². The molecule has 0 saturated carbocycles. The lowest BCUT2D eigenvalue weighted by Crippen LogP contribution is -2.07. The van der Waals surface area contributed by atoms with E-state index < -0.39 is 5.97 Å². The summed E-state index contributed by atoms with van der Waals surface area (Å²) in [5.74, 6) is -0.392. The fraction of sp³-hybridized carbons (Fsp3) is 0.222. The van der Waals surface area contributed by atoms with Gasteiger partial charge in [0.1, 0.15) is 0 Å². The second kappa shape index (κ2) is 5.34. The number of benzene rings is 1. The molecule has 5 heteroatoms. The number of para-hydroxylation sites is 1. The van der Waals surface area contributed by atoms with Crippen molar-refractivity contribution in [2.45, 2.75) is 0 Å². The van der Waals surface area contributed by atoms with Crippen LogP contribution in [-0.2, 0) is 4.74 Å². The van der Waals surface area contributed by atoms with Crippen LogP contribution in [0.1, 0.15) is 10.4 Å². The summed E-state index contributed by atoms with van der Waals surface area (Å²) in [7, 11) is 3.04. The van der Waals surface area contributed by atoms with Gasteiger partial charge in [0.25, 0.3) is 0 Å². The van der Waals surface area contributed by atoms with Crippen molar-refractivity contribution < 1.29 is 9.53 Å². The number of nitrogens with two attached hydrogens (primary N) is 1. The quantitative estimate of drug-likeness (QED) is 0.581. The van der Waals surface area contributed by atoms with Gasteiger partial charge in [-0.25, -0.2) is 4.79 Å². The van der Waals surface area contributed by atoms with E-state index in [4.69, 9.17) is 5.73 Å². The van der Waals surface area contributed by atoms with Crippen molar-refractivity contribution in [2.75, 3.05) is 25.2 Å². The predicted molar refractivity (Wildman–Crippen MR) is 59.0 cm³/mol. The van der Waals surface area contributed by atoms with Gasteiger partial charge in [0.05, 0.1) is 24.0 Å². The zero-order valence-electron chi connectivity index (χ0n) is 8.03. The first-order valence-electron chi connectivity index (χ1n) is 3.85. The number of rotatable bonds is 2. The topological polar surface area (TPSA) is 64.3 Å². The summed E-state index contributed by atoms with van der Waals surface area (Å²) in [6, 6.07) is 5.09. The zero-order valence-corrected chi connectivity index (χ0v) is 8.85. The molecule has 14 heavy (non-hydrogen) atoms. The summed E-state index contributed by atoms with van der Waals surface area (Å²) < 4.78 is 4.60. The van der Waals surface area contributed by atoms with Crippen LogP contribution in [0.25, 0.3) is 0 Å². The molecule has 0 aromatic heterocycles. The average molecular weight is 217 g/mol. The number of carbonyl (C=O) groups excluding carboxylic acids is 1. The van der Waals surface area contributed by atoms with E-state index in [1.165, 1.54) is 7.11 Å². The largest absolute Gasteiger partial charge is 0.465 e. The lowest BCUT2D eigenvalue weighted by molar-refractivity contribution is 0.0602. The minimum atomic E-state index is -0.392. The van der Waals surface area contributed by atoms with Crippen LogP contribution in [0.4, 0.5) is 11.4 Å². The van der Waals surface area contributed by atoms with E-state index >= 15 is 0 Å². The van der Waals surface area contributed by atoms with E-state index in [1.807, 2.05) is 0 Å². The van der Waals surface area contributed by atoms with E-state index in [-0.39, 0.29) is 12.4 Å². The van der Waals surface area contributed by atoms with Gasteiger partial charge in [0.2, 0.25) is 0 Å². The fourth-order valence-electron chi connectivity index (χ4n) is 1.13. The average Bonchev–Trinajstić information content (AvgIpc) is 2.16. The minimum absolute atomic E-state index is 0. The summed E-state index contributed by atoms with van der Waals surface area (Å²) in [5.41, 5.74) is 7.24. The molecule has 0 aliphatic heterocycles. The number of esters is 1. The highest BCUT2D eigenvalue weighted by Gasteiger charge is 2.11. The molecule has 0 fully saturated rings. The third-order valence-corrected chi connectivity index (χ3v) is 1.75. The Morgan fingerprint density at radius 1 is 1.50 bits per heavy atom. The third-order valence-electron chi connectivity index (χ3n) is 1.75. The van der Waals surface area contributed by atoms with Crippen molar-refractivity contribution in [3.8, 4) is 0 Å². The molecule has 0 amide bonds. The Labute approximate surface area is 88.8 Å². The zero-order chi connectivity index (χ0) is 9.84. The van der Waals surface area contributed by atoms with Crippen LogP contribution in [0.2, 0.25) is 0 Å². The molecule has 4 nitrogen and oxygen atoms in total. The highest BCUT2D eigenvalue weighted by Crippen LogP contribution is 2.23. The number of nitrogen functional groups attached to an aromatic ring is 1. The van der Waals surface area contributed by atoms with Gasteiger partial charge < -0.3 is 15.8 Å². The van der Waals surface area contributed by atoms with Gasteiger partial charge in [0, 0.05) is 7.05 Å². The van der Waals surface area contributed by atoms with Crippen LogP contribution in [0.5, 0.6) is 0 Å². The maximum Gasteiger partial charge on any atom is 0.340 e. The number of hydrogen-bond acceptors (Lipinski definition) is 4. The van der Waals surface area contributed by atoms with Crippen LogP contribution in [0.15, 0.2) is 18.2 Å². The Morgan fingerprint density at radius 2 is 2.14 bits per heavy atom. The van der Waals surface area contributed by atoms with E-state index in [0.29, 0.717) is 16.9 Å². The van der Waals surface area contributed by atoms with Crippen molar-refractivity contribution in [1.82, 2.24) is 0 Å². The second-order valence-corrected chi connectivity index (χ2v) is 2.51. The summed E-state index contributed by atoms with van der Waals surface area (Å²) >= 11 is 0. The summed E-state index contributed by atoms with van der Waals surface area (Å²) in [5, 5.41) is 2.85. The SMILES string of the molecule is CNc1c(N)cccc1C(=O)OC.Cl. The lowest BCUT2D eigenvalue weighted by atomic mass is 10.1. The molecule has 1 rings (SSSR count). The van der Waals surface area contributed by atoms with Gasteiger partial charge in [-0.05, 0) is 12.1 Å². The molecule has 0 atom stereocenters. The first kappa shape index (κ1) is 12.6. The van der Waals surface area contributed by atoms with E-state index in [2.05, 4.69) is 10.1 Å². The number of methoxy groups -OCH3 is 1. The molecule has 0 spiro atoms. The Balaban J connectivity index is 0.00000169. The maximum atomic E-state index is 11.2. The Kier molecular flexibility index (Phi) is 4.80. The normalized spacial score (nSPS) is 8.71. The van der Waals surface area contributed by atoms with Crippen molar-refractivity contribution in [1.29, 1.82) is 0 Å².